The minimum atomic E-state index is -0.495. The highest BCUT2D eigenvalue weighted by molar-refractivity contribution is 9.10. The molecule has 0 spiro atoms. The van der Waals surface area contributed by atoms with Crippen molar-refractivity contribution < 1.29 is 9.53 Å². The smallest absolute Gasteiger partial charge is 0.361 e. The lowest BCUT2D eigenvalue weighted by atomic mass is 10.5. The van der Waals surface area contributed by atoms with Gasteiger partial charge in [0, 0.05) is 7.05 Å². The van der Waals surface area contributed by atoms with E-state index >= 15 is 0 Å². The summed E-state index contributed by atoms with van der Waals surface area (Å²) in [6.07, 6.45) is 0. The molecule has 0 amide bonds. The SMILES string of the molecule is CC.COC(=O)c1nn(C)nc1Br. The molecule has 1 heterocycles. The Morgan fingerprint density at radius 1 is 1.46 bits per heavy atom. The molecule has 0 radical (unpaired) electrons. The number of carbonyl (C=O) groups excluding carboxylic acids is 1. The molecule has 1 aromatic rings. The summed E-state index contributed by atoms with van der Waals surface area (Å²) in [7, 11) is 2.92. The summed E-state index contributed by atoms with van der Waals surface area (Å²) in [6.45, 7) is 4.00. The first-order valence-corrected chi connectivity index (χ1v) is 4.59. The number of carbonyl (C=O) groups is 1. The first kappa shape index (κ1) is 12.1. The number of aromatic nitrogens is 3. The number of rotatable bonds is 1. The second-order valence-electron chi connectivity index (χ2n) is 1.82. The highest BCUT2D eigenvalue weighted by atomic mass is 79.9. The van der Waals surface area contributed by atoms with Crippen molar-refractivity contribution in [2.45, 2.75) is 13.8 Å². The predicted octanol–water partition coefficient (Wildman–Crippen LogP) is 1.39. The van der Waals surface area contributed by atoms with E-state index in [-0.39, 0.29) is 5.69 Å². The van der Waals surface area contributed by atoms with Gasteiger partial charge in [0.15, 0.2) is 4.60 Å². The van der Waals surface area contributed by atoms with Crippen molar-refractivity contribution in [2.75, 3.05) is 7.11 Å². The molecule has 1 rings (SSSR count). The lowest BCUT2D eigenvalue weighted by molar-refractivity contribution is 0.0592. The van der Waals surface area contributed by atoms with Crippen molar-refractivity contribution >= 4 is 21.9 Å². The number of methoxy groups -OCH3 is 1. The van der Waals surface area contributed by atoms with Crippen LogP contribution < -0.4 is 0 Å². The van der Waals surface area contributed by atoms with E-state index in [0.29, 0.717) is 4.60 Å². The zero-order valence-electron chi connectivity index (χ0n) is 8.04. The van der Waals surface area contributed by atoms with Gasteiger partial charge in [-0.1, -0.05) is 13.8 Å². The second kappa shape index (κ2) is 5.69. The summed E-state index contributed by atoms with van der Waals surface area (Å²) >= 11 is 3.06. The van der Waals surface area contributed by atoms with Crippen LogP contribution in [0.2, 0.25) is 0 Å². The Morgan fingerprint density at radius 3 is 2.31 bits per heavy atom. The zero-order valence-corrected chi connectivity index (χ0v) is 9.62. The van der Waals surface area contributed by atoms with Crippen molar-refractivity contribution in [3.63, 3.8) is 0 Å². The van der Waals surface area contributed by atoms with Crippen LogP contribution in [0.3, 0.4) is 0 Å². The molecule has 13 heavy (non-hydrogen) atoms. The summed E-state index contributed by atoms with van der Waals surface area (Å²) in [5, 5.41) is 7.57. The Bertz CT molecular complexity index is 285. The summed E-state index contributed by atoms with van der Waals surface area (Å²) in [4.78, 5) is 12.2. The van der Waals surface area contributed by atoms with Crippen molar-refractivity contribution in [1.29, 1.82) is 0 Å². The van der Waals surface area contributed by atoms with Crippen LogP contribution in [0, 0.1) is 0 Å². The monoisotopic (exact) mass is 249 g/mol. The van der Waals surface area contributed by atoms with Gasteiger partial charge in [-0.05, 0) is 15.9 Å². The molecule has 0 aliphatic carbocycles. The van der Waals surface area contributed by atoms with Crippen LogP contribution in [0.5, 0.6) is 0 Å². The van der Waals surface area contributed by atoms with Gasteiger partial charge >= 0.3 is 5.97 Å². The summed E-state index contributed by atoms with van der Waals surface area (Å²) in [5.74, 6) is -0.495. The van der Waals surface area contributed by atoms with E-state index in [1.54, 1.807) is 7.05 Å². The maximum atomic E-state index is 10.9. The lowest BCUT2D eigenvalue weighted by Crippen LogP contribution is -2.03. The third-order valence-electron chi connectivity index (χ3n) is 1.05. The van der Waals surface area contributed by atoms with Gasteiger partial charge in [0.25, 0.3) is 0 Å². The maximum absolute atomic E-state index is 10.9. The number of aryl methyl sites for hydroxylation is 1. The zero-order chi connectivity index (χ0) is 10.4. The summed E-state index contributed by atoms with van der Waals surface area (Å²) < 4.78 is 4.84. The topological polar surface area (TPSA) is 57.0 Å². The highest BCUT2D eigenvalue weighted by Gasteiger charge is 2.15. The molecule has 0 bridgehead atoms. The van der Waals surface area contributed by atoms with E-state index in [1.165, 1.54) is 11.9 Å². The molecule has 0 aliphatic heterocycles. The molecule has 0 unspecified atom stereocenters. The fourth-order valence-corrected chi connectivity index (χ4v) is 1.08. The minimum Gasteiger partial charge on any atom is -0.464 e. The predicted molar refractivity (Wildman–Crippen MR) is 51.4 cm³/mol. The molecular weight excluding hydrogens is 238 g/mol. The van der Waals surface area contributed by atoms with Gasteiger partial charge in [0.2, 0.25) is 5.69 Å². The molecule has 74 valence electrons. The van der Waals surface area contributed by atoms with Crippen molar-refractivity contribution in [1.82, 2.24) is 15.0 Å². The Hall–Kier alpha value is -0.910. The number of ether oxygens (including phenoxy) is 1. The van der Waals surface area contributed by atoms with Crippen LogP contribution in [-0.4, -0.2) is 28.1 Å². The molecule has 5 nitrogen and oxygen atoms in total. The average molecular weight is 250 g/mol. The molecule has 0 saturated carbocycles. The van der Waals surface area contributed by atoms with Gasteiger partial charge in [-0.15, -0.1) is 10.2 Å². The average Bonchev–Trinajstić information content (AvgIpc) is 2.47. The number of hydrogen-bond acceptors (Lipinski definition) is 4. The molecule has 0 aliphatic rings. The quantitative estimate of drug-likeness (QED) is 0.707. The van der Waals surface area contributed by atoms with E-state index in [9.17, 15) is 4.79 Å². The third kappa shape index (κ3) is 3.14. The molecular formula is C7H12BrN3O2. The van der Waals surface area contributed by atoms with Crippen molar-refractivity contribution in [3.05, 3.63) is 10.3 Å². The van der Waals surface area contributed by atoms with Crippen LogP contribution >= 0.6 is 15.9 Å². The molecule has 0 aromatic carbocycles. The van der Waals surface area contributed by atoms with E-state index in [1.807, 2.05) is 13.8 Å². The van der Waals surface area contributed by atoms with Crippen LogP contribution in [-0.2, 0) is 11.8 Å². The number of esters is 1. The van der Waals surface area contributed by atoms with Gasteiger partial charge in [-0.3, -0.25) is 0 Å². The van der Waals surface area contributed by atoms with Crippen LogP contribution in [0.1, 0.15) is 24.3 Å². The molecule has 6 heteroatoms. The molecule has 0 fully saturated rings. The minimum absolute atomic E-state index is 0.190. The summed E-state index contributed by atoms with van der Waals surface area (Å²) in [5.41, 5.74) is 0.190. The molecule has 0 N–H and O–H groups in total. The van der Waals surface area contributed by atoms with Crippen LogP contribution in [0.4, 0.5) is 0 Å². The van der Waals surface area contributed by atoms with Gasteiger partial charge in [0.1, 0.15) is 0 Å². The first-order chi connectivity index (χ1) is 6.15. The number of halogens is 1. The maximum Gasteiger partial charge on any atom is 0.361 e. The highest BCUT2D eigenvalue weighted by Crippen LogP contribution is 2.10. The molecule has 0 atom stereocenters. The third-order valence-corrected chi connectivity index (χ3v) is 1.59. The number of hydrogen-bond donors (Lipinski definition) is 0. The first-order valence-electron chi connectivity index (χ1n) is 3.80. The van der Waals surface area contributed by atoms with E-state index < -0.39 is 5.97 Å². The van der Waals surface area contributed by atoms with E-state index in [4.69, 9.17) is 0 Å². The van der Waals surface area contributed by atoms with Crippen LogP contribution in [0.15, 0.2) is 4.60 Å². The largest absolute Gasteiger partial charge is 0.464 e. The van der Waals surface area contributed by atoms with E-state index in [0.717, 1.165) is 0 Å². The van der Waals surface area contributed by atoms with Gasteiger partial charge in [-0.2, -0.15) is 4.80 Å². The van der Waals surface area contributed by atoms with E-state index in [2.05, 4.69) is 30.9 Å². The van der Waals surface area contributed by atoms with Gasteiger partial charge in [-0.25, -0.2) is 4.79 Å². The fraction of sp³-hybridized carbons (Fsp3) is 0.571. The Morgan fingerprint density at radius 2 is 2.00 bits per heavy atom. The lowest BCUT2D eigenvalue weighted by Gasteiger charge is -1.90. The second-order valence-corrected chi connectivity index (χ2v) is 2.57. The van der Waals surface area contributed by atoms with Crippen molar-refractivity contribution in [2.24, 2.45) is 7.05 Å². The Labute approximate surface area is 85.2 Å². The normalized spacial score (nSPS) is 8.69. The molecule has 0 saturated heterocycles. The fourth-order valence-electron chi connectivity index (χ4n) is 0.604. The van der Waals surface area contributed by atoms with Gasteiger partial charge < -0.3 is 4.74 Å². The van der Waals surface area contributed by atoms with Crippen molar-refractivity contribution in [3.8, 4) is 0 Å². The summed E-state index contributed by atoms with van der Waals surface area (Å²) in [6, 6.07) is 0. The number of nitrogens with zero attached hydrogens (tertiary/aromatic N) is 3. The standard InChI is InChI=1S/C5H6BrN3O2.C2H6/c1-9-7-3(4(6)8-9)5(10)11-2;1-2/h1-2H3;1-2H3. The Balaban J connectivity index is 0.000000671. The van der Waals surface area contributed by atoms with Crippen LogP contribution in [0.25, 0.3) is 0 Å². The Kier molecular flexibility index (Phi) is 5.29. The molecule has 1 aromatic heterocycles. The van der Waals surface area contributed by atoms with Gasteiger partial charge in [0.05, 0.1) is 7.11 Å².